The molecule has 0 spiro atoms. The number of hydrogen-bond donors (Lipinski definition) is 0. The Balaban J connectivity index is 0.000000472. The average Bonchev–Trinajstić information content (AvgIpc) is 3.65. The van der Waals surface area contributed by atoms with Crippen molar-refractivity contribution in [2.24, 2.45) is 0 Å². The zero-order valence-electron chi connectivity index (χ0n) is 36.3. The number of hydrogen-bond acceptors (Lipinski definition) is 3. The molecule has 0 unspecified atom stereocenters. The Hall–Kier alpha value is -7.43. The van der Waals surface area contributed by atoms with Crippen LogP contribution in [0.25, 0.3) is 83.9 Å². The molecule has 0 fully saturated rings. The minimum absolute atomic E-state index is 0.637. The number of nitrogens with zero attached hydrogens (tertiary/aromatic N) is 4. The van der Waals surface area contributed by atoms with Crippen LogP contribution < -0.4 is 0 Å². The van der Waals surface area contributed by atoms with Crippen LogP contribution in [0.5, 0.6) is 0 Å². The smallest absolute Gasteiger partial charge is 0.164 e. The van der Waals surface area contributed by atoms with Crippen molar-refractivity contribution in [3.63, 3.8) is 0 Å². The molecule has 0 saturated carbocycles. The van der Waals surface area contributed by atoms with Crippen LogP contribution in [0.15, 0.2) is 200 Å². The molecule has 10 aromatic rings. The first-order valence-electron chi connectivity index (χ1n) is 21.7. The molecule has 4 nitrogen and oxygen atoms in total. The monoisotopic (exact) mass is 804 g/mol. The summed E-state index contributed by atoms with van der Waals surface area (Å²) in [4.78, 5) is 15.1. The van der Waals surface area contributed by atoms with Crippen molar-refractivity contribution in [3.05, 3.63) is 217 Å². The first-order chi connectivity index (χ1) is 30.4. The van der Waals surface area contributed by atoms with Gasteiger partial charge in [-0.15, -0.1) is 0 Å². The van der Waals surface area contributed by atoms with E-state index in [1.54, 1.807) is 0 Å². The van der Waals surface area contributed by atoms with Gasteiger partial charge in [-0.3, -0.25) is 0 Å². The largest absolute Gasteiger partial charge is 0.309 e. The Morgan fingerprint density at radius 3 is 1.53 bits per heavy atom. The number of aryl methyl sites for hydroxylation is 3. The van der Waals surface area contributed by atoms with Crippen molar-refractivity contribution >= 4 is 21.8 Å². The number of aromatic nitrogens is 4. The van der Waals surface area contributed by atoms with Gasteiger partial charge in [0.2, 0.25) is 0 Å². The molecule has 62 heavy (non-hydrogen) atoms. The molecule has 0 atom stereocenters. The van der Waals surface area contributed by atoms with Crippen LogP contribution in [-0.2, 0) is 6.42 Å². The SMILES string of the molecule is CCC.CCc1ccccc1-c1cc2c3ccccc3n(-c3ccc(-c4nc(-c5ccccc5)nc(-c5cccc(-c6ccccc6)c5)n4)cc3)c2cc1C.Cc1ccccc1. The van der Waals surface area contributed by atoms with Gasteiger partial charge < -0.3 is 4.57 Å². The van der Waals surface area contributed by atoms with Crippen molar-refractivity contribution in [1.82, 2.24) is 19.5 Å². The summed E-state index contributed by atoms with van der Waals surface area (Å²) >= 11 is 0. The maximum Gasteiger partial charge on any atom is 0.164 e. The van der Waals surface area contributed by atoms with Crippen molar-refractivity contribution < 1.29 is 0 Å². The van der Waals surface area contributed by atoms with Crippen molar-refractivity contribution in [1.29, 1.82) is 0 Å². The summed E-state index contributed by atoms with van der Waals surface area (Å²) in [5.41, 5.74) is 15.1. The molecule has 0 N–H and O–H groups in total. The van der Waals surface area contributed by atoms with E-state index in [2.05, 4.69) is 185 Å². The maximum absolute atomic E-state index is 5.06. The number of benzene rings is 8. The predicted molar refractivity (Wildman–Crippen MR) is 263 cm³/mol. The van der Waals surface area contributed by atoms with Gasteiger partial charge in [-0.2, -0.15) is 0 Å². The first kappa shape index (κ1) is 41.3. The summed E-state index contributed by atoms with van der Waals surface area (Å²) in [5.74, 6) is 1.93. The molecule has 10 rings (SSSR count). The van der Waals surface area contributed by atoms with Gasteiger partial charge in [0, 0.05) is 33.2 Å². The highest BCUT2D eigenvalue weighted by Gasteiger charge is 2.17. The molecule has 8 aromatic carbocycles. The van der Waals surface area contributed by atoms with E-state index in [0.29, 0.717) is 17.5 Å². The van der Waals surface area contributed by atoms with Crippen LogP contribution in [0.1, 0.15) is 43.9 Å². The lowest BCUT2D eigenvalue weighted by molar-refractivity contribution is 1.07. The van der Waals surface area contributed by atoms with Gasteiger partial charge in [-0.25, -0.2) is 15.0 Å². The van der Waals surface area contributed by atoms with Crippen molar-refractivity contribution in [2.45, 2.75) is 47.5 Å². The highest BCUT2D eigenvalue weighted by Crippen LogP contribution is 2.38. The summed E-state index contributed by atoms with van der Waals surface area (Å²) in [6.45, 7) is 10.8. The van der Waals surface area contributed by atoms with Crippen LogP contribution >= 0.6 is 0 Å². The van der Waals surface area contributed by atoms with Crippen LogP contribution in [0, 0.1) is 13.8 Å². The average molecular weight is 805 g/mol. The van der Waals surface area contributed by atoms with E-state index in [-0.39, 0.29) is 0 Å². The molecular weight excluding hydrogens is 753 g/mol. The van der Waals surface area contributed by atoms with E-state index in [0.717, 1.165) is 39.9 Å². The predicted octanol–water partition coefficient (Wildman–Crippen LogP) is 15.6. The molecule has 0 saturated heterocycles. The van der Waals surface area contributed by atoms with Gasteiger partial charge in [-0.1, -0.05) is 184 Å². The van der Waals surface area contributed by atoms with Crippen molar-refractivity contribution in [2.75, 3.05) is 0 Å². The van der Waals surface area contributed by atoms with Gasteiger partial charge in [0.25, 0.3) is 0 Å². The first-order valence-corrected chi connectivity index (χ1v) is 21.7. The molecule has 4 heteroatoms. The van der Waals surface area contributed by atoms with Crippen LogP contribution in [0.2, 0.25) is 0 Å². The highest BCUT2D eigenvalue weighted by molar-refractivity contribution is 6.11. The second-order valence-corrected chi connectivity index (χ2v) is 15.6. The van der Waals surface area contributed by atoms with E-state index >= 15 is 0 Å². The number of rotatable bonds is 7. The molecule has 0 radical (unpaired) electrons. The molecule has 0 aliphatic rings. The second-order valence-electron chi connectivity index (χ2n) is 15.6. The fraction of sp³-hybridized carbons (Fsp3) is 0.121. The summed E-state index contributed by atoms with van der Waals surface area (Å²) in [5, 5.41) is 2.49. The lowest BCUT2D eigenvalue weighted by Crippen LogP contribution is -2.01. The van der Waals surface area contributed by atoms with Crippen LogP contribution in [0.3, 0.4) is 0 Å². The van der Waals surface area contributed by atoms with Gasteiger partial charge in [-0.05, 0) is 102 Å². The third-order valence-corrected chi connectivity index (χ3v) is 10.9. The quantitative estimate of drug-likeness (QED) is 0.161. The summed E-state index contributed by atoms with van der Waals surface area (Å²) < 4.78 is 2.38. The Bertz CT molecular complexity index is 3040. The molecule has 2 heterocycles. The van der Waals surface area contributed by atoms with E-state index < -0.39 is 0 Å². The number of fused-ring (bicyclic) bond motifs is 3. The lowest BCUT2D eigenvalue weighted by atomic mass is 9.93. The van der Waals surface area contributed by atoms with Crippen molar-refractivity contribution in [3.8, 4) is 62.1 Å². The summed E-state index contributed by atoms with van der Waals surface area (Å²) in [6.07, 6.45) is 2.25. The van der Waals surface area contributed by atoms with Gasteiger partial charge in [0.15, 0.2) is 17.5 Å². The Morgan fingerprint density at radius 2 is 0.903 bits per heavy atom. The minimum atomic E-state index is 0.637. The third-order valence-electron chi connectivity index (χ3n) is 10.9. The standard InChI is InChI=1S/C48H36N4.C7H8.C3H8/c1-3-33-15-10-11-22-40(33)42-31-43-41-23-12-13-24-44(41)52(45(43)29-32(42)2)39-27-25-36(26-28-39)47-49-46(35-18-8-5-9-19-35)50-48(51-47)38-21-14-20-37(30-38)34-16-6-4-7-17-34;1-7-5-3-2-4-6-7;1-3-2/h4-31H,3H2,1-2H3;2-6H,1H3;3H2,1-2H3. The fourth-order valence-electron chi connectivity index (χ4n) is 7.89. The summed E-state index contributed by atoms with van der Waals surface area (Å²) in [6, 6.07) is 70.0. The topological polar surface area (TPSA) is 43.6 Å². The van der Waals surface area contributed by atoms with E-state index in [9.17, 15) is 0 Å². The van der Waals surface area contributed by atoms with Gasteiger partial charge in [0.05, 0.1) is 11.0 Å². The third kappa shape index (κ3) is 9.01. The second kappa shape index (κ2) is 19.3. The van der Waals surface area contributed by atoms with Gasteiger partial charge >= 0.3 is 0 Å². The van der Waals surface area contributed by atoms with Gasteiger partial charge in [0.1, 0.15) is 0 Å². The molecule has 304 valence electrons. The minimum Gasteiger partial charge on any atom is -0.309 e. The van der Waals surface area contributed by atoms with E-state index in [4.69, 9.17) is 15.0 Å². The van der Waals surface area contributed by atoms with Crippen LogP contribution in [0.4, 0.5) is 0 Å². The fourth-order valence-corrected chi connectivity index (χ4v) is 7.89. The highest BCUT2D eigenvalue weighted by atomic mass is 15.0. The number of para-hydroxylation sites is 1. The summed E-state index contributed by atoms with van der Waals surface area (Å²) in [7, 11) is 0. The molecule has 0 bridgehead atoms. The molecule has 0 amide bonds. The Labute approximate surface area is 366 Å². The zero-order valence-corrected chi connectivity index (χ0v) is 36.3. The Kier molecular flexibility index (Phi) is 12.9. The zero-order chi connectivity index (χ0) is 42.8. The normalized spacial score (nSPS) is 10.8. The van der Waals surface area contributed by atoms with E-state index in [1.165, 1.54) is 56.0 Å². The maximum atomic E-state index is 5.06. The molecular formula is C58H52N4. The van der Waals surface area contributed by atoms with Crippen LogP contribution in [-0.4, -0.2) is 19.5 Å². The molecule has 2 aromatic heterocycles. The lowest BCUT2D eigenvalue weighted by Gasteiger charge is -2.13. The molecule has 0 aliphatic carbocycles. The van der Waals surface area contributed by atoms with E-state index in [1.807, 2.05) is 54.6 Å². The Morgan fingerprint density at radius 1 is 0.387 bits per heavy atom. The molecule has 0 aliphatic heterocycles.